The molecule has 0 spiro atoms. The summed E-state index contributed by atoms with van der Waals surface area (Å²) < 4.78 is 5.52. The van der Waals surface area contributed by atoms with Crippen LogP contribution >= 0.6 is 11.6 Å². The van der Waals surface area contributed by atoms with E-state index in [0.29, 0.717) is 0 Å². The summed E-state index contributed by atoms with van der Waals surface area (Å²) in [6, 6.07) is 2.94. The fourth-order valence-electron chi connectivity index (χ4n) is 1.26. The van der Waals surface area contributed by atoms with Crippen molar-refractivity contribution in [3.05, 3.63) is 0 Å². The number of halogens is 1. The molecule has 0 bridgehead atoms. The second kappa shape index (κ2) is 5.65. The van der Waals surface area contributed by atoms with Crippen LogP contribution in [0.2, 0.25) is 18.1 Å². The minimum Gasteiger partial charge on any atom is -0.518 e. The van der Waals surface area contributed by atoms with Gasteiger partial charge in [0.05, 0.1) is 0 Å². The van der Waals surface area contributed by atoms with E-state index in [2.05, 4.69) is 20.8 Å². The van der Waals surface area contributed by atoms with E-state index in [0.717, 1.165) is 18.1 Å². The molecule has 13 heavy (non-hydrogen) atoms. The number of alkyl halides is 1. The number of carbonyl (C=O) groups is 1. The molecule has 78 valence electrons. The Kier molecular flexibility index (Phi) is 5.64. The zero-order valence-electron chi connectivity index (χ0n) is 8.89. The van der Waals surface area contributed by atoms with Crippen molar-refractivity contribution in [1.82, 2.24) is 0 Å². The summed E-state index contributed by atoms with van der Waals surface area (Å²) in [7, 11) is -1.78. The van der Waals surface area contributed by atoms with Crippen LogP contribution in [-0.2, 0) is 9.22 Å². The Bertz CT molecular complexity index is 159. The standard InChI is InChI=1S/C9H19ClO2Si/c1-5-13(6-2,7-3)12-9(11)8(4)10/h8H,5-7H2,1-4H3. The molecule has 0 aromatic rings. The van der Waals surface area contributed by atoms with Gasteiger partial charge in [-0.2, -0.15) is 0 Å². The van der Waals surface area contributed by atoms with Gasteiger partial charge in [-0.25, -0.2) is 0 Å². The summed E-state index contributed by atoms with van der Waals surface area (Å²) in [6.45, 7) is 7.92. The van der Waals surface area contributed by atoms with Crippen LogP contribution in [0.15, 0.2) is 0 Å². The number of rotatable bonds is 5. The second-order valence-corrected chi connectivity index (χ2v) is 8.63. The first-order valence-electron chi connectivity index (χ1n) is 4.88. The Morgan fingerprint density at radius 2 is 1.69 bits per heavy atom. The molecule has 2 nitrogen and oxygen atoms in total. The molecular weight excluding hydrogens is 204 g/mol. The Labute approximate surface area is 86.7 Å². The molecule has 0 radical (unpaired) electrons. The first-order chi connectivity index (χ1) is 6.01. The maximum Gasteiger partial charge on any atom is 0.310 e. The van der Waals surface area contributed by atoms with Gasteiger partial charge in [0.2, 0.25) is 0 Å². The van der Waals surface area contributed by atoms with Gasteiger partial charge in [-0.1, -0.05) is 20.8 Å². The maximum absolute atomic E-state index is 11.3. The van der Waals surface area contributed by atoms with E-state index in [1.165, 1.54) is 0 Å². The Balaban J connectivity index is 4.33. The highest BCUT2D eigenvalue weighted by Crippen LogP contribution is 2.22. The van der Waals surface area contributed by atoms with Crippen molar-refractivity contribution in [2.45, 2.75) is 51.2 Å². The molecule has 0 aromatic heterocycles. The largest absolute Gasteiger partial charge is 0.518 e. The maximum atomic E-state index is 11.3. The fourth-order valence-corrected chi connectivity index (χ4v) is 3.92. The van der Waals surface area contributed by atoms with Gasteiger partial charge >= 0.3 is 5.97 Å². The van der Waals surface area contributed by atoms with E-state index in [-0.39, 0.29) is 5.97 Å². The van der Waals surface area contributed by atoms with E-state index in [9.17, 15) is 4.79 Å². The Morgan fingerprint density at radius 3 is 1.92 bits per heavy atom. The van der Waals surface area contributed by atoms with Crippen molar-refractivity contribution in [2.75, 3.05) is 0 Å². The van der Waals surface area contributed by atoms with Gasteiger partial charge in [-0.05, 0) is 25.1 Å². The average molecular weight is 223 g/mol. The number of hydrogen-bond acceptors (Lipinski definition) is 2. The normalized spacial score (nSPS) is 13.9. The second-order valence-electron chi connectivity index (χ2n) is 3.28. The van der Waals surface area contributed by atoms with Crippen LogP contribution in [0, 0.1) is 0 Å². The average Bonchev–Trinajstić information content (AvgIpc) is 2.14. The van der Waals surface area contributed by atoms with Crippen LogP contribution in [0.3, 0.4) is 0 Å². The molecule has 0 saturated carbocycles. The van der Waals surface area contributed by atoms with Gasteiger partial charge in [-0.15, -0.1) is 11.6 Å². The van der Waals surface area contributed by atoms with Crippen molar-refractivity contribution in [1.29, 1.82) is 0 Å². The van der Waals surface area contributed by atoms with Crippen molar-refractivity contribution < 1.29 is 9.22 Å². The number of hydrogen-bond donors (Lipinski definition) is 0. The zero-order chi connectivity index (χ0) is 10.5. The smallest absolute Gasteiger partial charge is 0.310 e. The highest BCUT2D eigenvalue weighted by atomic mass is 35.5. The Morgan fingerprint density at radius 1 is 1.31 bits per heavy atom. The van der Waals surface area contributed by atoms with Crippen LogP contribution in [0.1, 0.15) is 27.7 Å². The molecule has 1 unspecified atom stereocenters. The topological polar surface area (TPSA) is 26.3 Å². The molecule has 0 heterocycles. The highest BCUT2D eigenvalue weighted by Gasteiger charge is 2.33. The third-order valence-corrected chi connectivity index (χ3v) is 7.25. The van der Waals surface area contributed by atoms with E-state index >= 15 is 0 Å². The van der Waals surface area contributed by atoms with Gasteiger partial charge in [0.1, 0.15) is 5.38 Å². The SMILES string of the molecule is CC[Si](CC)(CC)OC(=O)C(C)Cl. The lowest BCUT2D eigenvalue weighted by Crippen LogP contribution is -2.40. The van der Waals surface area contributed by atoms with Gasteiger partial charge in [-0.3, -0.25) is 4.79 Å². The molecule has 0 aromatic carbocycles. The van der Waals surface area contributed by atoms with Gasteiger partial charge in [0.15, 0.2) is 0 Å². The van der Waals surface area contributed by atoms with Crippen molar-refractivity contribution >= 4 is 25.9 Å². The minimum atomic E-state index is -1.78. The molecular formula is C9H19ClO2Si. The van der Waals surface area contributed by atoms with Gasteiger partial charge in [0.25, 0.3) is 8.32 Å². The first-order valence-corrected chi connectivity index (χ1v) is 7.84. The van der Waals surface area contributed by atoms with Crippen LogP contribution < -0.4 is 0 Å². The van der Waals surface area contributed by atoms with Crippen molar-refractivity contribution in [3.63, 3.8) is 0 Å². The molecule has 0 rings (SSSR count). The lowest BCUT2D eigenvalue weighted by Gasteiger charge is -2.28. The third kappa shape index (κ3) is 3.69. The summed E-state index contributed by atoms with van der Waals surface area (Å²) in [4.78, 5) is 11.3. The van der Waals surface area contributed by atoms with Crippen LogP contribution in [0.4, 0.5) is 0 Å². The highest BCUT2D eigenvalue weighted by molar-refractivity contribution is 6.75. The summed E-state index contributed by atoms with van der Waals surface area (Å²) in [5.74, 6) is -0.251. The van der Waals surface area contributed by atoms with Gasteiger partial charge in [0, 0.05) is 0 Å². The molecule has 4 heteroatoms. The van der Waals surface area contributed by atoms with E-state index in [1.54, 1.807) is 6.92 Å². The molecule has 0 aliphatic rings. The Hall–Kier alpha value is -0.0231. The van der Waals surface area contributed by atoms with Crippen LogP contribution in [0.25, 0.3) is 0 Å². The predicted molar refractivity (Wildman–Crippen MR) is 58.6 cm³/mol. The first kappa shape index (κ1) is 13.0. The molecule has 0 N–H and O–H groups in total. The summed E-state index contributed by atoms with van der Waals surface area (Å²) in [5.41, 5.74) is 0. The van der Waals surface area contributed by atoms with E-state index in [4.69, 9.17) is 16.0 Å². The molecule has 0 saturated heterocycles. The summed E-state index contributed by atoms with van der Waals surface area (Å²) in [6.07, 6.45) is 0. The van der Waals surface area contributed by atoms with Crippen LogP contribution in [-0.4, -0.2) is 19.7 Å². The summed E-state index contributed by atoms with van der Waals surface area (Å²) in [5, 5.41) is -0.517. The van der Waals surface area contributed by atoms with Gasteiger partial charge < -0.3 is 4.43 Å². The quantitative estimate of drug-likeness (QED) is 0.528. The van der Waals surface area contributed by atoms with Crippen molar-refractivity contribution in [3.8, 4) is 0 Å². The molecule has 0 fully saturated rings. The van der Waals surface area contributed by atoms with Crippen LogP contribution in [0.5, 0.6) is 0 Å². The lowest BCUT2D eigenvalue weighted by atomic mass is 10.5. The molecule has 1 atom stereocenters. The molecule has 0 aliphatic heterocycles. The monoisotopic (exact) mass is 222 g/mol. The third-order valence-electron chi connectivity index (χ3n) is 2.57. The zero-order valence-corrected chi connectivity index (χ0v) is 10.6. The molecule has 0 aliphatic carbocycles. The fraction of sp³-hybridized carbons (Fsp3) is 0.889. The minimum absolute atomic E-state index is 0.251. The number of carbonyl (C=O) groups excluding carboxylic acids is 1. The van der Waals surface area contributed by atoms with Crippen molar-refractivity contribution in [2.24, 2.45) is 0 Å². The lowest BCUT2D eigenvalue weighted by molar-refractivity contribution is -0.134. The summed E-state index contributed by atoms with van der Waals surface area (Å²) >= 11 is 5.65. The molecule has 0 amide bonds. The predicted octanol–water partition coefficient (Wildman–Crippen LogP) is 3.16. The van der Waals surface area contributed by atoms with E-state index in [1.807, 2.05) is 0 Å². The van der Waals surface area contributed by atoms with E-state index < -0.39 is 13.7 Å².